The van der Waals surface area contributed by atoms with Gasteiger partial charge in [0.25, 0.3) is 5.91 Å². The van der Waals surface area contributed by atoms with Crippen molar-refractivity contribution in [1.82, 2.24) is 14.8 Å². The van der Waals surface area contributed by atoms with Crippen LogP contribution in [-0.4, -0.2) is 20.7 Å². The van der Waals surface area contributed by atoms with Crippen molar-refractivity contribution in [2.24, 2.45) is 0 Å². The van der Waals surface area contributed by atoms with Crippen molar-refractivity contribution >= 4 is 22.4 Å². The van der Waals surface area contributed by atoms with Crippen LogP contribution in [0.2, 0.25) is 0 Å². The molecule has 1 amide bonds. The van der Waals surface area contributed by atoms with E-state index in [0.29, 0.717) is 17.2 Å². The van der Waals surface area contributed by atoms with Gasteiger partial charge in [0, 0.05) is 11.1 Å². The molecule has 0 aliphatic heterocycles. The summed E-state index contributed by atoms with van der Waals surface area (Å²) in [5, 5.41) is 7.85. The summed E-state index contributed by atoms with van der Waals surface area (Å²) in [6.07, 6.45) is 4.13. The lowest BCUT2D eigenvalue weighted by atomic mass is 10.2. The maximum absolute atomic E-state index is 12.5. The molecule has 2 aromatic heterocycles. The van der Waals surface area contributed by atoms with Gasteiger partial charge in [0.05, 0.1) is 24.0 Å². The average molecular weight is 326 g/mol. The van der Waals surface area contributed by atoms with Gasteiger partial charge in [-0.1, -0.05) is 37.3 Å². The summed E-state index contributed by atoms with van der Waals surface area (Å²) in [4.78, 5) is 17.7. The van der Waals surface area contributed by atoms with Crippen molar-refractivity contribution < 1.29 is 4.79 Å². The Kier molecular flexibility index (Phi) is 4.52. The molecule has 1 aromatic carbocycles. The summed E-state index contributed by atoms with van der Waals surface area (Å²) in [5.74, 6) is -0.157. The third-order valence-electron chi connectivity index (χ3n) is 3.55. The van der Waals surface area contributed by atoms with Gasteiger partial charge in [-0.05, 0) is 18.9 Å². The highest BCUT2D eigenvalue weighted by Crippen LogP contribution is 2.19. The maximum Gasteiger partial charge on any atom is 0.260 e. The zero-order chi connectivity index (χ0) is 16.2. The zero-order valence-corrected chi connectivity index (χ0v) is 13.9. The number of aryl methyl sites for hydroxylation is 1. The molecule has 3 aromatic rings. The molecular weight excluding hydrogens is 308 g/mol. The molecule has 3 rings (SSSR count). The predicted molar refractivity (Wildman–Crippen MR) is 92.0 cm³/mol. The molecule has 118 valence electrons. The number of amides is 1. The fourth-order valence-electron chi connectivity index (χ4n) is 2.44. The average Bonchev–Trinajstić information content (AvgIpc) is 3.14. The zero-order valence-electron chi connectivity index (χ0n) is 13.1. The Bertz CT molecular complexity index is 807. The standard InChI is InChI=1S/C17H18N4OS/c1-3-15-14(16(22)20-17-18-9-12(2)23-17)10-19-21(15)11-13-7-5-4-6-8-13/h4-10H,3,11H2,1-2H3,(H,18,20,22). The number of benzene rings is 1. The molecule has 0 saturated heterocycles. The number of nitrogens with zero attached hydrogens (tertiary/aromatic N) is 3. The number of nitrogens with one attached hydrogen (secondary N) is 1. The molecule has 1 N–H and O–H groups in total. The minimum absolute atomic E-state index is 0.157. The Labute approximate surface area is 139 Å². The second-order valence-electron chi connectivity index (χ2n) is 5.23. The number of anilines is 1. The molecule has 0 bridgehead atoms. The van der Waals surface area contributed by atoms with Gasteiger partial charge in [0.2, 0.25) is 0 Å². The van der Waals surface area contributed by atoms with Gasteiger partial charge in [-0.15, -0.1) is 11.3 Å². The lowest BCUT2D eigenvalue weighted by Gasteiger charge is -2.08. The van der Waals surface area contributed by atoms with Crippen LogP contribution < -0.4 is 5.32 Å². The lowest BCUT2D eigenvalue weighted by Crippen LogP contribution is -2.14. The maximum atomic E-state index is 12.5. The SMILES string of the molecule is CCc1c(C(=O)Nc2ncc(C)s2)cnn1Cc1ccccc1. The minimum Gasteiger partial charge on any atom is -0.298 e. The van der Waals surface area contributed by atoms with E-state index in [0.717, 1.165) is 22.6 Å². The number of carbonyl (C=O) groups excluding carboxylic acids is 1. The van der Waals surface area contributed by atoms with Crippen molar-refractivity contribution in [2.45, 2.75) is 26.8 Å². The first-order valence-corrected chi connectivity index (χ1v) is 8.31. The number of carbonyl (C=O) groups is 1. The van der Waals surface area contributed by atoms with E-state index in [-0.39, 0.29) is 5.91 Å². The first kappa shape index (κ1) is 15.4. The number of rotatable bonds is 5. The number of hydrogen-bond donors (Lipinski definition) is 1. The Morgan fingerprint density at radius 1 is 1.26 bits per heavy atom. The summed E-state index contributed by atoms with van der Waals surface area (Å²) in [5.41, 5.74) is 2.70. The highest BCUT2D eigenvalue weighted by molar-refractivity contribution is 7.15. The monoisotopic (exact) mass is 326 g/mol. The Morgan fingerprint density at radius 3 is 2.70 bits per heavy atom. The van der Waals surface area contributed by atoms with Crippen LogP contribution in [0.4, 0.5) is 5.13 Å². The highest BCUT2D eigenvalue weighted by Gasteiger charge is 2.17. The summed E-state index contributed by atoms with van der Waals surface area (Å²) in [6, 6.07) is 10.1. The molecule has 0 radical (unpaired) electrons. The van der Waals surface area contributed by atoms with E-state index in [9.17, 15) is 4.79 Å². The van der Waals surface area contributed by atoms with E-state index in [1.807, 2.05) is 36.7 Å². The fourth-order valence-corrected chi connectivity index (χ4v) is 3.10. The van der Waals surface area contributed by atoms with E-state index in [4.69, 9.17) is 0 Å². The van der Waals surface area contributed by atoms with E-state index in [1.165, 1.54) is 11.3 Å². The second kappa shape index (κ2) is 6.75. The van der Waals surface area contributed by atoms with Crippen LogP contribution in [0.15, 0.2) is 42.7 Å². The quantitative estimate of drug-likeness (QED) is 0.780. The van der Waals surface area contributed by atoms with Crippen molar-refractivity contribution in [1.29, 1.82) is 0 Å². The molecule has 6 heteroatoms. The van der Waals surface area contributed by atoms with Gasteiger partial charge in [-0.2, -0.15) is 5.10 Å². The van der Waals surface area contributed by atoms with E-state index in [2.05, 4.69) is 27.5 Å². The molecule has 0 spiro atoms. The molecule has 0 aliphatic rings. The fraction of sp³-hybridized carbons (Fsp3) is 0.235. The molecular formula is C17H18N4OS. The molecule has 0 aliphatic carbocycles. The van der Waals surface area contributed by atoms with Crippen molar-refractivity contribution in [3.05, 3.63) is 64.4 Å². The Hall–Kier alpha value is -2.47. The van der Waals surface area contributed by atoms with Gasteiger partial charge < -0.3 is 0 Å². The van der Waals surface area contributed by atoms with Crippen LogP contribution in [0, 0.1) is 6.92 Å². The summed E-state index contributed by atoms with van der Waals surface area (Å²) >= 11 is 1.46. The summed E-state index contributed by atoms with van der Waals surface area (Å²) in [6.45, 7) is 4.65. The summed E-state index contributed by atoms with van der Waals surface area (Å²) < 4.78 is 1.89. The van der Waals surface area contributed by atoms with Crippen LogP contribution in [0.25, 0.3) is 0 Å². The molecule has 0 unspecified atom stereocenters. The van der Waals surface area contributed by atoms with Crippen molar-refractivity contribution in [3.63, 3.8) is 0 Å². The third kappa shape index (κ3) is 3.48. The van der Waals surface area contributed by atoms with Crippen molar-refractivity contribution in [2.75, 3.05) is 5.32 Å². The molecule has 2 heterocycles. The van der Waals surface area contributed by atoms with Gasteiger partial charge in [-0.3, -0.25) is 14.8 Å². The Morgan fingerprint density at radius 2 is 2.04 bits per heavy atom. The van der Waals surface area contributed by atoms with Crippen molar-refractivity contribution in [3.8, 4) is 0 Å². The molecule has 5 nitrogen and oxygen atoms in total. The molecule has 23 heavy (non-hydrogen) atoms. The van der Waals surface area contributed by atoms with Crippen LogP contribution in [-0.2, 0) is 13.0 Å². The van der Waals surface area contributed by atoms with Crippen LogP contribution in [0.5, 0.6) is 0 Å². The Balaban J connectivity index is 1.81. The van der Waals surface area contributed by atoms with E-state index < -0.39 is 0 Å². The highest BCUT2D eigenvalue weighted by atomic mass is 32.1. The first-order valence-electron chi connectivity index (χ1n) is 7.49. The van der Waals surface area contributed by atoms with Crippen LogP contribution in [0.1, 0.15) is 33.4 Å². The first-order chi connectivity index (χ1) is 11.2. The molecule has 0 fully saturated rings. The third-order valence-corrected chi connectivity index (χ3v) is 4.37. The van der Waals surface area contributed by atoms with Gasteiger partial charge in [0.1, 0.15) is 0 Å². The number of hydrogen-bond acceptors (Lipinski definition) is 4. The number of aromatic nitrogens is 3. The second-order valence-corrected chi connectivity index (χ2v) is 6.47. The topological polar surface area (TPSA) is 59.8 Å². The molecule has 0 atom stereocenters. The van der Waals surface area contributed by atoms with Gasteiger partial charge in [-0.25, -0.2) is 4.98 Å². The van der Waals surface area contributed by atoms with Gasteiger partial charge >= 0.3 is 0 Å². The molecule has 0 saturated carbocycles. The van der Waals surface area contributed by atoms with E-state index in [1.54, 1.807) is 12.4 Å². The summed E-state index contributed by atoms with van der Waals surface area (Å²) in [7, 11) is 0. The van der Waals surface area contributed by atoms with Crippen LogP contribution in [0.3, 0.4) is 0 Å². The van der Waals surface area contributed by atoms with Crippen LogP contribution >= 0.6 is 11.3 Å². The lowest BCUT2D eigenvalue weighted by molar-refractivity contribution is 0.102. The normalized spacial score (nSPS) is 10.7. The largest absolute Gasteiger partial charge is 0.298 e. The predicted octanol–water partition coefficient (Wildman–Crippen LogP) is 3.51. The smallest absolute Gasteiger partial charge is 0.260 e. The number of thiazole rings is 1. The van der Waals surface area contributed by atoms with Gasteiger partial charge in [0.15, 0.2) is 5.13 Å². The minimum atomic E-state index is -0.157. The van der Waals surface area contributed by atoms with E-state index >= 15 is 0 Å².